The highest BCUT2D eigenvalue weighted by atomic mass is 35.5. The van der Waals surface area contributed by atoms with Crippen LogP contribution in [0, 0.1) is 0 Å². The minimum absolute atomic E-state index is 0.839. The van der Waals surface area contributed by atoms with Crippen LogP contribution >= 0.6 is 23.2 Å². The van der Waals surface area contributed by atoms with Crippen molar-refractivity contribution in [3.05, 3.63) is 10.1 Å². The van der Waals surface area contributed by atoms with E-state index in [4.69, 9.17) is 23.2 Å². The van der Waals surface area contributed by atoms with Gasteiger partial charge in [-0.25, -0.2) is 0 Å². The highest BCUT2D eigenvalue weighted by Gasteiger charge is 1.98. The van der Waals surface area contributed by atoms with E-state index in [1.807, 2.05) is 0 Å². The summed E-state index contributed by atoms with van der Waals surface area (Å²) in [6, 6.07) is 0. The molecule has 0 nitrogen and oxygen atoms in total. The predicted molar refractivity (Wildman–Crippen MR) is 48.5 cm³/mol. The summed E-state index contributed by atoms with van der Waals surface area (Å²) in [5.41, 5.74) is 0. The smallest absolute Gasteiger partial charge is 0.0325 e. The molecule has 0 bridgehead atoms. The van der Waals surface area contributed by atoms with E-state index in [-0.39, 0.29) is 0 Å². The molecule has 0 atom stereocenters. The van der Waals surface area contributed by atoms with Crippen molar-refractivity contribution in [2.24, 2.45) is 0 Å². The van der Waals surface area contributed by atoms with Gasteiger partial charge in [0, 0.05) is 10.1 Å². The summed E-state index contributed by atoms with van der Waals surface area (Å²) in [5, 5.41) is 1.68. The maximum absolute atomic E-state index is 5.86. The predicted octanol–water partition coefficient (Wildman–Crippen LogP) is 4.28. The van der Waals surface area contributed by atoms with Crippen molar-refractivity contribution < 1.29 is 0 Å². The number of rotatable bonds is 4. The van der Waals surface area contributed by atoms with Gasteiger partial charge in [0.2, 0.25) is 0 Å². The van der Waals surface area contributed by atoms with Gasteiger partial charge in [0.15, 0.2) is 0 Å². The second-order valence-corrected chi connectivity index (χ2v) is 3.22. The maximum Gasteiger partial charge on any atom is 0.0325 e. The SMILES string of the molecule is CCC/C(Cl)=C(\Cl)CCC. The van der Waals surface area contributed by atoms with Crippen LogP contribution in [0.2, 0.25) is 0 Å². The normalized spacial score (nSPS) is 13.2. The fourth-order valence-corrected chi connectivity index (χ4v) is 1.28. The van der Waals surface area contributed by atoms with Gasteiger partial charge >= 0.3 is 0 Å². The highest BCUT2D eigenvalue weighted by Crippen LogP contribution is 2.22. The molecule has 0 amide bonds. The van der Waals surface area contributed by atoms with E-state index in [1.54, 1.807) is 0 Å². The third kappa shape index (κ3) is 4.19. The number of allylic oxidation sites excluding steroid dienone is 2. The summed E-state index contributed by atoms with van der Waals surface area (Å²) in [4.78, 5) is 0. The zero-order chi connectivity index (χ0) is 7.98. The van der Waals surface area contributed by atoms with Gasteiger partial charge in [-0.1, -0.05) is 49.9 Å². The van der Waals surface area contributed by atoms with Crippen molar-refractivity contribution >= 4 is 23.2 Å². The van der Waals surface area contributed by atoms with Gasteiger partial charge in [-0.05, 0) is 12.8 Å². The van der Waals surface area contributed by atoms with Crippen LogP contribution in [0.1, 0.15) is 39.5 Å². The highest BCUT2D eigenvalue weighted by molar-refractivity contribution is 6.39. The standard InChI is InChI=1S/C8H14Cl2/c1-3-5-7(9)8(10)6-4-2/h3-6H2,1-2H3/b8-7+. The molecule has 60 valence electrons. The monoisotopic (exact) mass is 180 g/mol. The second kappa shape index (κ2) is 6.06. The average molecular weight is 181 g/mol. The number of hydrogen-bond donors (Lipinski definition) is 0. The Morgan fingerprint density at radius 1 is 0.900 bits per heavy atom. The Bertz CT molecular complexity index is 102. The van der Waals surface area contributed by atoms with Crippen molar-refractivity contribution in [1.82, 2.24) is 0 Å². The van der Waals surface area contributed by atoms with Crippen molar-refractivity contribution in [1.29, 1.82) is 0 Å². The quantitative estimate of drug-likeness (QED) is 0.607. The summed E-state index contributed by atoms with van der Waals surface area (Å²) >= 11 is 11.7. The van der Waals surface area contributed by atoms with Crippen LogP contribution in [0.25, 0.3) is 0 Å². The fourth-order valence-electron chi connectivity index (χ4n) is 0.710. The molecule has 0 fully saturated rings. The maximum atomic E-state index is 5.86. The van der Waals surface area contributed by atoms with E-state index in [0.717, 1.165) is 35.7 Å². The van der Waals surface area contributed by atoms with E-state index in [9.17, 15) is 0 Å². The van der Waals surface area contributed by atoms with E-state index < -0.39 is 0 Å². The molecule has 0 aliphatic carbocycles. The van der Waals surface area contributed by atoms with Crippen LogP contribution in [0.5, 0.6) is 0 Å². The Kier molecular flexibility index (Phi) is 6.25. The number of hydrogen-bond acceptors (Lipinski definition) is 0. The lowest BCUT2D eigenvalue weighted by atomic mass is 10.2. The lowest BCUT2D eigenvalue weighted by molar-refractivity contribution is 0.899. The first-order valence-corrected chi connectivity index (χ1v) is 4.51. The van der Waals surface area contributed by atoms with E-state index in [1.165, 1.54) is 0 Å². The molecule has 2 heteroatoms. The largest absolute Gasteiger partial charge is 0.0879 e. The lowest BCUT2D eigenvalue weighted by Gasteiger charge is -1.99. The van der Waals surface area contributed by atoms with Crippen molar-refractivity contribution in [3.63, 3.8) is 0 Å². The molecule has 0 heterocycles. The van der Waals surface area contributed by atoms with Gasteiger partial charge in [0.25, 0.3) is 0 Å². The molecular formula is C8H14Cl2. The molecule has 0 spiro atoms. The van der Waals surface area contributed by atoms with E-state index in [2.05, 4.69) is 13.8 Å². The summed E-state index contributed by atoms with van der Waals surface area (Å²) < 4.78 is 0. The van der Waals surface area contributed by atoms with E-state index in [0.29, 0.717) is 0 Å². The first kappa shape index (κ1) is 10.3. The molecule has 0 saturated heterocycles. The Hall–Kier alpha value is 0.320. The van der Waals surface area contributed by atoms with Gasteiger partial charge < -0.3 is 0 Å². The molecule has 0 radical (unpaired) electrons. The van der Waals surface area contributed by atoms with Crippen LogP contribution in [0.4, 0.5) is 0 Å². The van der Waals surface area contributed by atoms with Crippen molar-refractivity contribution in [3.8, 4) is 0 Å². The molecule has 0 aliphatic rings. The molecule has 0 aliphatic heterocycles. The Morgan fingerprint density at radius 3 is 1.40 bits per heavy atom. The fraction of sp³-hybridized carbons (Fsp3) is 0.750. The molecular weight excluding hydrogens is 167 g/mol. The van der Waals surface area contributed by atoms with Crippen LogP contribution in [0.15, 0.2) is 10.1 Å². The third-order valence-electron chi connectivity index (χ3n) is 1.23. The van der Waals surface area contributed by atoms with Crippen molar-refractivity contribution in [2.75, 3.05) is 0 Å². The molecule has 0 rings (SSSR count). The van der Waals surface area contributed by atoms with Gasteiger partial charge in [-0.2, -0.15) is 0 Å². The molecule has 0 N–H and O–H groups in total. The van der Waals surface area contributed by atoms with Gasteiger partial charge in [0.1, 0.15) is 0 Å². The first-order valence-electron chi connectivity index (χ1n) is 3.75. The molecule has 0 aromatic heterocycles. The van der Waals surface area contributed by atoms with Crippen LogP contribution < -0.4 is 0 Å². The van der Waals surface area contributed by atoms with Crippen LogP contribution in [-0.4, -0.2) is 0 Å². The average Bonchev–Trinajstić information content (AvgIpc) is 1.89. The summed E-state index contributed by atoms with van der Waals surface area (Å²) in [6.45, 7) is 4.19. The Balaban J connectivity index is 3.79. The Labute approximate surface area is 73.2 Å². The van der Waals surface area contributed by atoms with E-state index >= 15 is 0 Å². The summed E-state index contributed by atoms with van der Waals surface area (Å²) in [7, 11) is 0. The molecule has 0 saturated carbocycles. The zero-order valence-corrected chi connectivity index (χ0v) is 8.10. The van der Waals surface area contributed by atoms with Gasteiger partial charge in [-0.15, -0.1) is 0 Å². The summed E-state index contributed by atoms with van der Waals surface area (Å²) in [5.74, 6) is 0. The molecule has 0 aromatic rings. The second-order valence-electron chi connectivity index (χ2n) is 2.31. The lowest BCUT2D eigenvalue weighted by Crippen LogP contribution is -1.78. The molecule has 0 unspecified atom stereocenters. The molecule has 0 aromatic carbocycles. The third-order valence-corrected chi connectivity index (χ3v) is 2.16. The van der Waals surface area contributed by atoms with Gasteiger partial charge in [-0.3, -0.25) is 0 Å². The zero-order valence-electron chi connectivity index (χ0n) is 6.58. The molecule has 10 heavy (non-hydrogen) atoms. The number of halogens is 2. The summed E-state index contributed by atoms with van der Waals surface area (Å²) in [6.07, 6.45) is 3.97. The van der Waals surface area contributed by atoms with Crippen LogP contribution in [-0.2, 0) is 0 Å². The van der Waals surface area contributed by atoms with Gasteiger partial charge in [0.05, 0.1) is 0 Å². The topological polar surface area (TPSA) is 0 Å². The first-order chi connectivity index (χ1) is 4.72. The van der Waals surface area contributed by atoms with Crippen LogP contribution in [0.3, 0.4) is 0 Å². The Morgan fingerprint density at radius 2 is 1.20 bits per heavy atom. The minimum atomic E-state index is 0.839. The van der Waals surface area contributed by atoms with Crippen molar-refractivity contribution in [2.45, 2.75) is 39.5 Å². The minimum Gasteiger partial charge on any atom is -0.0879 e.